The first-order valence-corrected chi connectivity index (χ1v) is 16.6. The largest absolute Gasteiger partial charge is 0.352 e. The second-order valence-electron chi connectivity index (χ2n) is 10.9. The summed E-state index contributed by atoms with van der Waals surface area (Å²) in [7, 11) is -4.27. The van der Waals surface area contributed by atoms with E-state index in [2.05, 4.69) is 5.32 Å². The van der Waals surface area contributed by atoms with Gasteiger partial charge in [0.15, 0.2) is 0 Å². The Bertz CT molecular complexity index is 1510. The van der Waals surface area contributed by atoms with Crippen LogP contribution in [0.5, 0.6) is 0 Å². The van der Waals surface area contributed by atoms with Crippen molar-refractivity contribution in [3.63, 3.8) is 0 Å². The van der Waals surface area contributed by atoms with E-state index in [0.29, 0.717) is 12.0 Å². The fourth-order valence-electron chi connectivity index (χ4n) is 5.30. The van der Waals surface area contributed by atoms with Gasteiger partial charge in [-0.3, -0.25) is 13.9 Å². The first-order valence-electron chi connectivity index (χ1n) is 14.4. The van der Waals surface area contributed by atoms with Crippen molar-refractivity contribution in [2.24, 2.45) is 0 Å². The molecule has 1 N–H and O–H groups in total. The van der Waals surface area contributed by atoms with E-state index in [-0.39, 0.29) is 39.1 Å². The van der Waals surface area contributed by atoms with Gasteiger partial charge in [0.2, 0.25) is 11.8 Å². The number of hydrogen-bond acceptors (Lipinski definition) is 4. The zero-order chi connectivity index (χ0) is 31.1. The molecule has 3 aromatic carbocycles. The lowest BCUT2D eigenvalue weighted by Crippen LogP contribution is -2.54. The summed E-state index contributed by atoms with van der Waals surface area (Å²) >= 11 is 12.5. The number of benzene rings is 3. The van der Waals surface area contributed by atoms with Crippen LogP contribution in [0.3, 0.4) is 0 Å². The topological polar surface area (TPSA) is 86.8 Å². The SMILES string of the molecule is CC[C@@H](C(=O)NC1CCCCC1)N(Cc1ccc(F)cc1)C(=O)CN(c1cc(Cl)cc(Cl)c1)S(=O)(=O)c1ccc(C)cc1. The molecular weight excluding hydrogens is 612 g/mol. The van der Waals surface area contributed by atoms with Crippen molar-refractivity contribution in [1.82, 2.24) is 10.2 Å². The van der Waals surface area contributed by atoms with Gasteiger partial charge in [0.25, 0.3) is 10.0 Å². The van der Waals surface area contributed by atoms with Crippen LogP contribution in [0, 0.1) is 12.7 Å². The summed E-state index contributed by atoms with van der Waals surface area (Å²) in [5.41, 5.74) is 1.57. The van der Waals surface area contributed by atoms with Crippen molar-refractivity contribution >= 4 is 50.7 Å². The Labute approximate surface area is 263 Å². The smallest absolute Gasteiger partial charge is 0.264 e. The summed E-state index contributed by atoms with van der Waals surface area (Å²) in [6, 6.07) is 15.4. The first kappa shape index (κ1) is 32.8. The normalized spacial score (nSPS) is 14.6. The molecule has 1 atom stereocenters. The average molecular weight is 649 g/mol. The number of amides is 2. The van der Waals surface area contributed by atoms with E-state index in [1.807, 2.05) is 6.92 Å². The van der Waals surface area contributed by atoms with Crippen molar-refractivity contribution in [2.75, 3.05) is 10.8 Å². The molecule has 3 aromatic rings. The Morgan fingerprint density at radius 2 is 1.56 bits per heavy atom. The van der Waals surface area contributed by atoms with Gasteiger partial charge < -0.3 is 10.2 Å². The van der Waals surface area contributed by atoms with Crippen molar-refractivity contribution in [3.8, 4) is 0 Å². The van der Waals surface area contributed by atoms with E-state index < -0.39 is 34.3 Å². The predicted molar refractivity (Wildman–Crippen MR) is 168 cm³/mol. The molecule has 4 rings (SSSR count). The summed E-state index contributed by atoms with van der Waals surface area (Å²) in [5, 5.41) is 3.49. The number of halogens is 3. The highest BCUT2D eigenvalue weighted by Crippen LogP contribution is 2.30. The molecular formula is C32H36Cl2FN3O4S. The number of hydrogen-bond donors (Lipinski definition) is 1. The molecule has 0 unspecified atom stereocenters. The molecule has 1 fully saturated rings. The number of rotatable bonds is 11. The Kier molecular flexibility index (Phi) is 11.1. The number of sulfonamides is 1. The minimum absolute atomic E-state index is 0.0186. The fraction of sp³-hybridized carbons (Fsp3) is 0.375. The maximum Gasteiger partial charge on any atom is 0.264 e. The first-order chi connectivity index (χ1) is 20.5. The van der Waals surface area contributed by atoms with E-state index in [9.17, 15) is 22.4 Å². The highest BCUT2D eigenvalue weighted by molar-refractivity contribution is 7.92. The Morgan fingerprint density at radius 1 is 0.953 bits per heavy atom. The van der Waals surface area contributed by atoms with Gasteiger partial charge >= 0.3 is 0 Å². The van der Waals surface area contributed by atoms with Crippen LogP contribution in [-0.2, 0) is 26.2 Å². The zero-order valence-electron chi connectivity index (χ0n) is 24.2. The van der Waals surface area contributed by atoms with Crippen LogP contribution >= 0.6 is 23.2 Å². The lowest BCUT2D eigenvalue weighted by Gasteiger charge is -2.34. The van der Waals surface area contributed by atoms with Crippen LogP contribution in [0.4, 0.5) is 10.1 Å². The second kappa shape index (κ2) is 14.6. The molecule has 7 nitrogen and oxygen atoms in total. The quantitative estimate of drug-likeness (QED) is 0.245. The second-order valence-corrected chi connectivity index (χ2v) is 13.6. The van der Waals surface area contributed by atoms with Gasteiger partial charge in [-0.25, -0.2) is 12.8 Å². The van der Waals surface area contributed by atoms with E-state index >= 15 is 0 Å². The molecule has 0 aliphatic heterocycles. The molecule has 11 heteroatoms. The van der Waals surface area contributed by atoms with Gasteiger partial charge in [0, 0.05) is 22.6 Å². The van der Waals surface area contributed by atoms with Crippen molar-refractivity contribution < 1.29 is 22.4 Å². The van der Waals surface area contributed by atoms with Crippen LogP contribution in [-0.4, -0.2) is 43.8 Å². The highest BCUT2D eigenvalue weighted by Gasteiger charge is 2.34. The maximum absolute atomic E-state index is 14.2. The zero-order valence-corrected chi connectivity index (χ0v) is 26.6. The van der Waals surface area contributed by atoms with Crippen LogP contribution in [0.1, 0.15) is 56.6 Å². The number of carbonyl (C=O) groups is 2. The minimum Gasteiger partial charge on any atom is -0.352 e. The van der Waals surface area contributed by atoms with Gasteiger partial charge in [-0.1, -0.05) is 79.2 Å². The third-order valence-corrected chi connectivity index (χ3v) is 9.85. The van der Waals surface area contributed by atoms with Crippen molar-refractivity contribution in [2.45, 2.75) is 75.9 Å². The van der Waals surface area contributed by atoms with Gasteiger partial charge in [-0.05, 0) is 74.2 Å². The molecule has 2 amide bonds. The third kappa shape index (κ3) is 8.49. The Balaban J connectivity index is 1.72. The molecule has 0 aromatic heterocycles. The number of anilines is 1. The molecule has 230 valence electrons. The van der Waals surface area contributed by atoms with Crippen LogP contribution < -0.4 is 9.62 Å². The van der Waals surface area contributed by atoms with Crippen LogP contribution in [0.25, 0.3) is 0 Å². The lowest BCUT2D eigenvalue weighted by atomic mass is 9.95. The van der Waals surface area contributed by atoms with Gasteiger partial charge in [-0.2, -0.15) is 0 Å². The predicted octanol–water partition coefficient (Wildman–Crippen LogP) is 6.89. The molecule has 0 bridgehead atoms. The van der Waals surface area contributed by atoms with Crippen LogP contribution in [0.2, 0.25) is 10.0 Å². The number of aryl methyl sites for hydroxylation is 1. The third-order valence-electron chi connectivity index (χ3n) is 7.63. The molecule has 1 aliphatic carbocycles. The molecule has 43 heavy (non-hydrogen) atoms. The number of carbonyl (C=O) groups excluding carboxylic acids is 2. The Hall–Kier alpha value is -3.14. The van der Waals surface area contributed by atoms with E-state index in [0.717, 1.165) is 42.0 Å². The van der Waals surface area contributed by atoms with Gasteiger partial charge in [-0.15, -0.1) is 0 Å². The summed E-state index contributed by atoms with van der Waals surface area (Å²) in [6.45, 7) is 2.99. The van der Waals surface area contributed by atoms with E-state index in [4.69, 9.17) is 23.2 Å². The van der Waals surface area contributed by atoms with Gasteiger partial charge in [0.1, 0.15) is 18.4 Å². The van der Waals surface area contributed by atoms with Crippen molar-refractivity contribution in [3.05, 3.63) is 93.7 Å². The summed E-state index contributed by atoms with van der Waals surface area (Å²) in [6.07, 6.45) is 5.19. The summed E-state index contributed by atoms with van der Waals surface area (Å²) in [4.78, 5) is 29.1. The number of nitrogens with zero attached hydrogens (tertiary/aromatic N) is 2. The summed E-state index contributed by atoms with van der Waals surface area (Å²) < 4.78 is 42.7. The van der Waals surface area contributed by atoms with Crippen LogP contribution in [0.15, 0.2) is 71.6 Å². The molecule has 1 aliphatic rings. The molecule has 0 spiro atoms. The Morgan fingerprint density at radius 3 is 2.14 bits per heavy atom. The standard InChI is InChI=1S/C32H36Cl2FN3O4S/c1-3-30(32(40)36-27-7-5-4-6-8-27)37(20-23-11-13-26(35)14-12-23)31(39)21-38(28-18-24(33)17-25(34)19-28)43(41,42)29-15-9-22(2)10-16-29/h9-19,27,30H,3-8,20-21H2,1-2H3,(H,36,40)/t30-/m0/s1. The lowest BCUT2D eigenvalue weighted by molar-refractivity contribution is -0.140. The monoisotopic (exact) mass is 647 g/mol. The van der Waals surface area contributed by atoms with Gasteiger partial charge in [0.05, 0.1) is 10.6 Å². The molecule has 0 saturated heterocycles. The minimum atomic E-state index is -4.27. The highest BCUT2D eigenvalue weighted by atomic mass is 35.5. The number of nitrogens with one attached hydrogen (secondary N) is 1. The van der Waals surface area contributed by atoms with E-state index in [1.165, 1.54) is 47.4 Å². The summed E-state index contributed by atoms with van der Waals surface area (Å²) in [5.74, 6) is -1.35. The van der Waals surface area contributed by atoms with Crippen molar-refractivity contribution in [1.29, 1.82) is 0 Å². The van der Waals surface area contributed by atoms with E-state index in [1.54, 1.807) is 31.2 Å². The molecule has 1 saturated carbocycles. The molecule has 0 radical (unpaired) electrons. The molecule has 0 heterocycles. The average Bonchev–Trinajstić information content (AvgIpc) is 2.97. The maximum atomic E-state index is 14.2. The fourth-order valence-corrected chi connectivity index (χ4v) is 7.21.